The van der Waals surface area contributed by atoms with Crippen LogP contribution in [-0.4, -0.2) is 72.9 Å². The zero-order valence-electron chi connectivity index (χ0n) is 25.2. The molecule has 2 aliphatic rings. The molecule has 4 N–H and O–H groups in total. The van der Waals surface area contributed by atoms with Gasteiger partial charge in [-0.05, 0) is 73.7 Å². The lowest BCUT2D eigenvalue weighted by atomic mass is 9.91. The normalized spacial score (nSPS) is 18.2. The quantitative estimate of drug-likeness (QED) is 0.243. The fourth-order valence-corrected chi connectivity index (χ4v) is 5.74. The number of amides is 3. The number of nitro groups is 1. The van der Waals surface area contributed by atoms with E-state index in [2.05, 4.69) is 15.5 Å². The van der Waals surface area contributed by atoms with Crippen LogP contribution in [0.15, 0.2) is 66.7 Å². The van der Waals surface area contributed by atoms with E-state index in [4.69, 9.17) is 10.5 Å². The van der Waals surface area contributed by atoms with Crippen molar-refractivity contribution < 1.29 is 24.0 Å². The molecule has 1 heterocycles. The first-order valence-electron chi connectivity index (χ1n) is 15.1. The summed E-state index contributed by atoms with van der Waals surface area (Å²) in [7, 11) is 1.60. The number of nitrogens with one attached hydrogen (secondary N) is 2. The van der Waals surface area contributed by atoms with Gasteiger partial charge in [0.2, 0.25) is 5.91 Å². The van der Waals surface area contributed by atoms with Gasteiger partial charge in [0.25, 0.3) is 17.5 Å². The van der Waals surface area contributed by atoms with Crippen molar-refractivity contribution in [1.29, 1.82) is 0 Å². The van der Waals surface area contributed by atoms with Gasteiger partial charge in [0.1, 0.15) is 5.75 Å². The maximum atomic E-state index is 13.2. The first-order valence-corrected chi connectivity index (χ1v) is 15.1. The van der Waals surface area contributed by atoms with Gasteiger partial charge in [-0.3, -0.25) is 24.5 Å². The average Bonchev–Trinajstić information content (AvgIpc) is 3.06. The molecule has 45 heavy (non-hydrogen) atoms. The van der Waals surface area contributed by atoms with Gasteiger partial charge in [-0.15, -0.1) is 0 Å². The topological polar surface area (TPSA) is 160 Å². The molecular formula is C33H38N6O6. The Bertz CT molecular complexity index is 1530. The van der Waals surface area contributed by atoms with E-state index < -0.39 is 10.8 Å². The summed E-state index contributed by atoms with van der Waals surface area (Å²) < 4.78 is 5.20. The van der Waals surface area contributed by atoms with Gasteiger partial charge in [0, 0.05) is 61.5 Å². The summed E-state index contributed by atoms with van der Waals surface area (Å²) in [4.78, 5) is 53.9. The number of rotatable bonds is 9. The number of nitrogens with zero attached hydrogens (tertiary/aromatic N) is 3. The fourth-order valence-electron chi connectivity index (χ4n) is 5.74. The van der Waals surface area contributed by atoms with Crippen LogP contribution in [0.25, 0.3) is 0 Å². The molecule has 3 amide bonds. The molecule has 1 saturated heterocycles. The minimum atomic E-state index is -0.525. The first kappa shape index (κ1) is 31.5. The summed E-state index contributed by atoms with van der Waals surface area (Å²) in [6.07, 6.45) is 3.63. The number of nitro benzene ring substituents is 1. The maximum Gasteiger partial charge on any atom is 0.269 e. The molecule has 0 bridgehead atoms. The predicted octanol–water partition coefficient (Wildman–Crippen LogP) is 3.75. The smallest absolute Gasteiger partial charge is 0.269 e. The van der Waals surface area contributed by atoms with Gasteiger partial charge in [-0.25, -0.2) is 0 Å². The largest absolute Gasteiger partial charge is 0.497 e. The molecule has 0 radical (unpaired) electrons. The number of carbonyl (C=O) groups excluding carboxylic acids is 3. The Hall–Kier alpha value is -4.97. The third kappa shape index (κ3) is 7.95. The average molecular weight is 615 g/mol. The van der Waals surface area contributed by atoms with E-state index in [0.717, 1.165) is 37.0 Å². The number of anilines is 2. The maximum absolute atomic E-state index is 13.2. The van der Waals surface area contributed by atoms with E-state index in [0.29, 0.717) is 43.1 Å². The molecule has 1 saturated carbocycles. The van der Waals surface area contributed by atoms with Crippen LogP contribution in [-0.2, 0) is 11.2 Å². The summed E-state index contributed by atoms with van der Waals surface area (Å²) in [5.41, 5.74) is 8.61. The molecule has 3 aromatic carbocycles. The predicted molar refractivity (Wildman–Crippen MR) is 171 cm³/mol. The van der Waals surface area contributed by atoms with Gasteiger partial charge in [-0.1, -0.05) is 12.1 Å². The lowest BCUT2D eigenvalue weighted by Gasteiger charge is -2.37. The summed E-state index contributed by atoms with van der Waals surface area (Å²) >= 11 is 0. The minimum absolute atomic E-state index is 0.0298. The zero-order chi connectivity index (χ0) is 31.9. The lowest BCUT2D eigenvalue weighted by Crippen LogP contribution is -2.49. The highest BCUT2D eigenvalue weighted by Crippen LogP contribution is 2.30. The zero-order valence-corrected chi connectivity index (χ0v) is 25.2. The molecule has 2 fully saturated rings. The van der Waals surface area contributed by atoms with Crippen molar-refractivity contribution in [2.45, 2.75) is 44.2 Å². The number of nitrogens with two attached hydrogens (primary N) is 1. The van der Waals surface area contributed by atoms with Crippen molar-refractivity contribution in [2.75, 3.05) is 43.5 Å². The first-order chi connectivity index (χ1) is 21.7. The summed E-state index contributed by atoms with van der Waals surface area (Å²) in [5, 5.41) is 17.1. The number of carbonyl (C=O) groups is 3. The van der Waals surface area contributed by atoms with Crippen molar-refractivity contribution in [3.8, 4) is 5.75 Å². The van der Waals surface area contributed by atoms with E-state index in [-0.39, 0.29) is 41.6 Å². The Morgan fingerprint density at radius 3 is 2.16 bits per heavy atom. The van der Waals surface area contributed by atoms with Crippen LogP contribution < -0.4 is 26.0 Å². The highest BCUT2D eigenvalue weighted by atomic mass is 16.6. The molecule has 0 aromatic heterocycles. The van der Waals surface area contributed by atoms with E-state index in [9.17, 15) is 24.5 Å². The van der Waals surface area contributed by atoms with Crippen LogP contribution in [0.2, 0.25) is 0 Å². The van der Waals surface area contributed by atoms with E-state index in [1.54, 1.807) is 19.2 Å². The number of benzene rings is 3. The number of non-ortho nitro benzene ring substituents is 1. The Kier molecular flexibility index (Phi) is 9.93. The van der Waals surface area contributed by atoms with E-state index in [1.807, 2.05) is 35.2 Å². The second-order valence-electron chi connectivity index (χ2n) is 11.5. The molecule has 1 aliphatic heterocycles. The van der Waals surface area contributed by atoms with Crippen LogP contribution in [0.3, 0.4) is 0 Å². The molecule has 5 rings (SSSR count). The number of hydrogen-bond acceptors (Lipinski definition) is 8. The van der Waals surface area contributed by atoms with E-state index >= 15 is 0 Å². The van der Waals surface area contributed by atoms with Crippen LogP contribution in [0.1, 0.15) is 52.0 Å². The Balaban J connectivity index is 1.30. The number of methoxy groups -OCH3 is 1. The van der Waals surface area contributed by atoms with Gasteiger partial charge in [-0.2, -0.15) is 0 Å². The Labute approximate surface area is 261 Å². The molecular weight excluding hydrogens is 576 g/mol. The second kappa shape index (κ2) is 14.2. The molecule has 3 aromatic rings. The van der Waals surface area contributed by atoms with Crippen molar-refractivity contribution >= 4 is 34.8 Å². The highest BCUT2D eigenvalue weighted by molar-refractivity contribution is 6.07. The van der Waals surface area contributed by atoms with Crippen molar-refractivity contribution in [3.63, 3.8) is 0 Å². The van der Waals surface area contributed by atoms with Gasteiger partial charge in [0.15, 0.2) is 0 Å². The Morgan fingerprint density at radius 1 is 0.889 bits per heavy atom. The number of piperazine rings is 1. The molecule has 1 aliphatic carbocycles. The SMILES string of the molecule is COc1ccc(CC(=O)N2CCN(c3ccc(C(=O)NC4CCC(N)CC4)cc3NC(=O)c3ccc([N+](=O)[O-])cc3)CC2)cc1. The Morgan fingerprint density at radius 2 is 1.53 bits per heavy atom. The summed E-state index contributed by atoms with van der Waals surface area (Å²) in [5.74, 6) is 0.0702. The van der Waals surface area contributed by atoms with Gasteiger partial charge >= 0.3 is 0 Å². The van der Waals surface area contributed by atoms with E-state index in [1.165, 1.54) is 24.3 Å². The number of hydrogen-bond donors (Lipinski definition) is 3. The minimum Gasteiger partial charge on any atom is -0.497 e. The van der Waals surface area contributed by atoms with Crippen LogP contribution in [0, 0.1) is 10.1 Å². The highest BCUT2D eigenvalue weighted by Gasteiger charge is 2.25. The molecule has 236 valence electrons. The van der Waals surface area contributed by atoms with Crippen LogP contribution in [0.4, 0.5) is 17.1 Å². The molecule has 12 nitrogen and oxygen atoms in total. The second-order valence-corrected chi connectivity index (χ2v) is 11.5. The van der Waals surface area contributed by atoms with Crippen molar-refractivity contribution in [1.82, 2.24) is 10.2 Å². The monoisotopic (exact) mass is 614 g/mol. The third-order valence-corrected chi connectivity index (χ3v) is 8.44. The van der Waals surface area contributed by atoms with Crippen LogP contribution in [0.5, 0.6) is 5.75 Å². The summed E-state index contributed by atoms with van der Waals surface area (Å²) in [6.45, 7) is 2.05. The van der Waals surface area contributed by atoms with Crippen LogP contribution >= 0.6 is 0 Å². The van der Waals surface area contributed by atoms with Gasteiger partial charge < -0.3 is 30.9 Å². The summed E-state index contributed by atoms with van der Waals surface area (Å²) in [6, 6.07) is 18.2. The molecule has 0 spiro atoms. The van der Waals surface area contributed by atoms with Crippen molar-refractivity contribution in [2.24, 2.45) is 5.73 Å². The lowest BCUT2D eigenvalue weighted by molar-refractivity contribution is -0.384. The fraction of sp³-hybridized carbons (Fsp3) is 0.364. The number of ether oxygens (including phenoxy) is 1. The molecule has 0 atom stereocenters. The van der Waals surface area contributed by atoms with Gasteiger partial charge in [0.05, 0.1) is 29.8 Å². The third-order valence-electron chi connectivity index (χ3n) is 8.44. The standard InChI is InChI=1S/C33H38N6O6/c1-45-28-13-2-22(3-14-28)20-31(40)38-18-16-37(17-19-38)30-15-6-24(33(42)35-26-9-7-25(34)8-10-26)21-29(30)36-32(41)23-4-11-27(12-5-23)39(43)44/h2-6,11-15,21,25-26H,7-10,16-20,34H2,1H3,(H,35,42)(H,36,41). The molecule has 12 heteroatoms. The molecule has 0 unspecified atom stereocenters. The van der Waals surface area contributed by atoms with Crippen molar-refractivity contribution in [3.05, 3.63) is 93.5 Å².